The monoisotopic (exact) mass is 379 g/mol. The van der Waals surface area contributed by atoms with Crippen LogP contribution in [0.5, 0.6) is 0 Å². The van der Waals surface area contributed by atoms with Gasteiger partial charge < -0.3 is 5.32 Å². The highest BCUT2D eigenvalue weighted by Gasteiger charge is 2.26. The highest BCUT2D eigenvalue weighted by molar-refractivity contribution is 5.76. The molecule has 0 aliphatic heterocycles. The number of hydrogen-bond acceptors (Lipinski definition) is 5. The molecule has 1 aromatic carbocycles. The van der Waals surface area contributed by atoms with Crippen molar-refractivity contribution in [2.75, 3.05) is 0 Å². The fraction of sp³-hybridized carbons (Fsp3) is 0.450. The third-order valence-corrected chi connectivity index (χ3v) is 5.19. The van der Waals surface area contributed by atoms with Crippen LogP contribution in [0.2, 0.25) is 0 Å². The van der Waals surface area contributed by atoms with Crippen LogP contribution in [0.4, 0.5) is 0 Å². The second kappa shape index (κ2) is 7.18. The second-order valence-corrected chi connectivity index (χ2v) is 8.28. The van der Waals surface area contributed by atoms with Gasteiger partial charge in [-0.05, 0) is 52.8 Å². The Hall–Kier alpha value is -3.03. The number of nitrogens with zero attached hydrogens (tertiary/aromatic N) is 6. The summed E-state index contributed by atoms with van der Waals surface area (Å²) in [6, 6.07) is 8.53. The molecule has 2 aromatic heterocycles. The third-order valence-electron chi connectivity index (χ3n) is 5.19. The molecule has 1 aliphatic carbocycles. The molecular weight excluding hydrogens is 354 g/mol. The Kier molecular flexibility index (Phi) is 4.70. The van der Waals surface area contributed by atoms with E-state index in [1.807, 2.05) is 10.9 Å². The summed E-state index contributed by atoms with van der Waals surface area (Å²) in [7, 11) is 0. The normalized spacial score (nSPS) is 16.6. The van der Waals surface area contributed by atoms with Crippen molar-refractivity contribution in [1.29, 1.82) is 0 Å². The van der Waals surface area contributed by atoms with E-state index in [1.165, 1.54) is 22.3 Å². The number of nitrogens with one attached hydrogen (secondary N) is 1. The van der Waals surface area contributed by atoms with Gasteiger partial charge in [-0.1, -0.05) is 32.9 Å². The zero-order valence-electron chi connectivity index (χ0n) is 16.5. The Morgan fingerprint density at radius 2 is 2.04 bits per heavy atom. The predicted octanol–water partition coefficient (Wildman–Crippen LogP) is 2.35. The van der Waals surface area contributed by atoms with Gasteiger partial charge in [-0.15, -0.1) is 5.10 Å². The number of hydrogen-bond donors (Lipinski definition) is 1. The summed E-state index contributed by atoms with van der Waals surface area (Å²) in [5.41, 5.74) is 4.73. The molecule has 0 saturated carbocycles. The van der Waals surface area contributed by atoms with Crippen molar-refractivity contribution >= 4 is 5.91 Å². The van der Waals surface area contributed by atoms with E-state index in [-0.39, 0.29) is 23.9 Å². The minimum atomic E-state index is -0.104. The van der Waals surface area contributed by atoms with Crippen molar-refractivity contribution in [3.63, 3.8) is 0 Å². The van der Waals surface area contributed by atoms with Gasteiger partial charge in [-0.2, -0.15) is 5.10 Å². The number of carbonyl (C=O) groups is 1. The summed E-state index contributed by atoms with van der Waals surface area (Å²) in [5, 5.41) is 18.6. The Labute approximate surface area is 163 Å². The lowest BCUT2D eigenvalue weighted by molar-refractivity contribution is -0.122. The van der Waals surface area contributed by atoms with Gasteiger partial charge in [-0.3, -0.25) is 4.79 Å². The average molecular weight is 379 g/mol. The first-order chi connectivity index (χ1) is 13.4. The zero-order valence-corrected chi connectivity index (χ0v) is 16.5. The topological polar surface area (TPSA) is 90.5 Å². The van der Waals surface area contributed by atoms with Crippen molar-refractivity contribution in [1.82, 2.24) is 35.3 Å². The van der Waals surface area contributed by atoms with Gasteiger partial charge >= 0.3 is 0 Å². The van der Waals surface area contributed by atoms with E-state index in [0.29, 0.717) is 0 Å². The minimum absolute atomic E-state index is 0.0321. The molecule has 0 bridgehead atoms. The summed E-state index contributed by atoms with van der Waals surface area (Å²) in [6.45, 7) is 6.74. The molecule has 0 radical (unpaired) electrons. The lowest BCUT2D eigenvalue weighted by Crippen LogP contribution is -2.33. The van der Waals surface area contributed by atoms with Gasteiger partial charge in [0.25, 0.3) is 0 Å². The number of aromatic nitrogens is 6. The van der Waals surface area contributed by atoms with Gasteiger partial charge in [0.1, 0.15) is 12.9 Å². The molecule has 0 unspecified atom stereocenters. The molecule has 4 rings (SSSR count). The molecule has 8 nitrogen and oxygen atoms in total. The largest absolute Gasteiger partial charge is 0.348 e. The van der Waals surface area contributed by atoms with Crippen molar-refractivity contribution in [3.05, 3.63) is 53.6 Å². The zero-order chi connectivity index (χ0) is 19.7. The molecule has 28 heavy (non-hydrogen) atoms. The first kappa shape index (κ1) is 18.3. The smallest absolute Gasteiger partial charge is 0.242 e. The third kappa shape index (κ3) is 3.67. The standard InChI is InChI=1S/C20H25N7O/c1-20(2,3)14-7-9-15(10-8-14)27-18-6-4-5-17(16(18)11-22-27)23-19(28)12-26-13-21-24-25-26/h7-11,13,17H,4-6,12H2,1-3H3,(H,23,28)/t17-/m1/s1. The van der Waals surface area contributed by atoms with E-state index >= 15 is 0 Å². The highest BCUT2D eigenvalue weighted by Crippen LogP contribution is 2.31. The number of rotatable bonds is 4. The number of amides is 1. The van der Waals surface area contributed by atoms with Crippen molar-refractivity contribution in [3.8, 4) is 5.69 Å². The molecule has 1 aliphatic rings. The van der Waals surface area contributed by atoms with E-state index in [0.717, 1.165) is 30.5 Å². The van der Waals surface area contributed by atoms with Gasteiger partial charge in [-0.25, -0.2) is 9.36 Å². The van der Waals surface area contributed by atoms with Gasteiger partial charge in [0.2, 0.25) is 5.91 Å². The Morgan fingerprint density at radius 1 is 1.25 bits per heavy atom. The van der Waals surface area contributed by atoms with Gasteiger partial charge in [0, 0.05) is 11.3 Å². The van der Waals surface area contributed by atoms with Gasteiger partial charge in [0.05, 0.1) is 17.9 Å². The van der Waals surface area contributed by atoms with E-state index in [9.17, 15) is 4.79 Å². The Balaban J connectivity index is 1.53. The molecule has 2 heterocycles. The maximum Gasteiger partial charge on any atom is 0.242 e. The summed E-state index contributed by atoms with van der Waals surface area (Å²) in [6.07, 6.45) is 6.19. The SMILES string of the molecule is CC(C)(C)c1ccc(-n2ncc3c2CCC[C@H]3NC(=O)Cn2cnnn2)cc1. The van der Waals surface area contributed by atoms with Crippen LogP contribution in [0.15, 0.2) is 36.8 Å². The fourth-order valence-corrected chi connectivity index (χ4v) is 3.67. The van der Waals surface area contributed by atoms with Crippen LogP contribution in [0.25, 0.3) is 5.69 Å². The molecule has 0 fully saturated rings. The molecule has 3 aromatic rings. The van der Waals surface area contributed by atoms with Gasteiger partial charge in [0.15, 0.2) is 0 Å². The Bertz CT molecular complexity index is 952. The number of benzene rings is 1. The van der Waals surface area contributed by atoms with Crippen LogP contribution in [-0.4, -0.2) is 35.9 Å². The first-order valence-electron chi connectivity index (χ1n) is 9.59. The van der Waals surface area contributed by atoms with Crippen molar-refractivity contribution in [2.45, 2.75) is 58.0 Å². The number of tetrazole rings is 1. The molecule has 146 valence electrons. The summed E-state index contributed by atoms with van der Waals surface area (Å²) < 4.78 is 3.42. The van der Waals surface area contributed by atoms with Crippen LogP contribution >= 0.6 is 0 Å². The van der Waals surface area contributed by atoms with Crippen LogP contribution in [-0.2, 0) is 23.2 Å². The van der Waals surface area contributed by atoms with E-state index in [1.54, 1.807) is 0 Å². The molecule has 8 heteroatoms. The number of carbonyl (C=O) groups excluding carboxylic acids is 1. The molecule has 1 amide bonds. The van der Waals surface area contributed by atoms with Crippen LogP contribution in [0.1, 0.15) is 56.5 Å². The maximum absolute atomic E-state index is 12.3. The van der Waals surface area contributed by atoms with E-state index in [2.05, 4.69) is 71.0 Å². The molecule has 1 N–H and O–H groups in total. The summed E-state index contributed by atoms with van der Waals surface area (Å²) in [5.74, 6) is -0.104. The lowest BCUT2D eigenvalue weighted by Gasteiger charge is -2.24. The van der Waals surface area contributed by atoms with E-state index in [4.69, 9.17) is 0 Å². The summed E-state index contributed by atoms with van der Waals surface area (Å²) >= 11 is 0. The highest BCUT2D eigenvalue weighted by atomic mass is 16.2. The molecule has 1 atom stereocenters. The lowest BCUT2D eigenvalue weighted by atomic mass is 9.87. The van der Waals surface area contributed by atoms with Crippen LogP contribution in [0.3, 0.4) is 0 Å². The molecule has 0 spiro atoms. The second-order valence-electron chi connectivity index (χ2n) is 8.28. The molecular formula is C20H25N7O. The van der Waals surface area contributed by atoms with Crippen molar-refractivity contribution < 1.29 is 4.79 Å². The van der Waals surface area contributed by atoms with Crippen LogP contribution in [0, 0.1) is 0 Å². The maximum atomic E-state index is 12.3. The quantitative estimate of drug-likeness (QED) is 0.751. The van der Waals surface area contributed by atoms with Crippen molar-refractivity contribution in [2.24, 2.45) is 0 Å². The minimum Gasteiger partial charge on any atom is -0.348 e. The number of fused-ring (bicyclic) bond motifs is 1. The first-order valence-corrected chi connectivity index (χ1v) is 9.59. The molecule has 0 saturated heterocycles. The predicted molar refractivity (Wildman–Crippen MR) is 104 cm³/mol. The average Bonchev–Trinajstić information content (AvgIpc) is 3.31. The fourth-order valence-electron chi connectivity index (χ4n) is 3.67. The Morgan fingerprint density at radius 3 is 2.71 bits per heavy atom. The summed E-state index contributed by atoms with van der Waals surface area (Å²) in [4.78, 5) is 12.3. The van der Waals surface area contributed by atoms with E-state index < -0.39 is 0 Å². The van der Waals surface area contributed by atoms with Crippen LogP contribution < -0.4 is 5.32 Å².